The third kappa shape index (κ3) is 3.06. The number of nitrogens with two attached hydrogens (primary N) is 1. The van der Waals surface area contributed by atoms with Crippen molar-refractivity contribution in [2.24, 2.45) is 11.1 Å². The minimum Gasteiger partial charge on any atom is -0.318 e. The molecular weight excluding hydrogens is 356 g/mol. The predicted octanol–water partition coefficient (Wildman–Crippen LogP) is 2.39. The molecule has 9 heteroatoms. The molecule has 26 heavy (non-hydrogen) atoms. The summed E-state index contributed by atoms with van der Waals surface area (Å²) < 4.78 is 28.1. The van der Waals surface area contributed by atoms with Crippen LogP contribution in [0.3, 0.4) is 0 Å². The second-order valence-corrected chi connectivity index (χ2v) is 8.28. The summed E-state index contributed by atoms with van der Waals surface area (Å²) in [5, 5.41) is 12.2. The lowest BCUT2D eigenvalue weighted by molar-refractivity contribution is -0.432. The monoisotopic (exact) mass is 374 g/mol. The van der Waals surface area contributed by atoms with Crippen molar-refractivity contribution in [2.75, 3.05) is 4.72 Å². The van der Waals surface area contributed by atoms with Gasteiger partial charge in [-0.2, -0.15) is 0 Å². The van der Waals surface area contributed by atoms with Crippen molar-refractivity contribution >= 4 is 26.6 Å². The van der Waals surface area contributed by atoms with Gasteiger partial charge in [-0.1, -0.05) is 38.1 Å². The Labute approximate surface area is 150 Å². The Morgan fingerprint density at radius 3 is 2.65 bits per heavy atom. The Balaban J connectivity index is 2.11. The molecule has 3 rings (SSSR count). The zero-order chi connectivity index (χ0) is 19.1. The summed E-state index contributed by atoms with van der Waals surface area (Å²) in [6.07, 6.45) is 4.35. The topological polar surface area (TPSA) is 128 Å². The number of fused-ring (bicyclic) bond motifs is 1. The number of anilines is 1. The molecule has 0 aliphatic heterocycles. The zero-order valence-electron chi connectivity index (χ0n) is 14.2. The van der Waals surface area contributed by atoms with Gasteiger partial charge in [0.15, 0.2) is 4.91 Å². The molecule has 2 aromatic rings. The summed E-state index contributed by atoms with van der Waals surface area (Å²) in [5.74, 6) is 0. The van der Waals surface area contributed by atoms with Crippen LogP contribution in [0.2, 0.25) is 0 Å². The van der Waals surface area contributed by atoms with Gasteiger partial charge in [-0.05, 0) is 18.2 Å². The average Bonchev–Trinajstić information content (AvgIpc) is 2.56. The maximum absolute atomic E-state index is 12.9. The lowest BCUT2D eigenvalue weighted by Gasteiger charge is -2.30. The number of allylic oxidation sites excluding steroid dienone is 1. The fraction of sp³-hybridized carbons (Fsp3) is 0.235. The van der Waals surface area contributed by atoms with E-state index in [1.165, 1.54) is 6.08 Å². The molecule has 3 N–H and O–H groups in total. The second-order valence-electron chi connectivity index (χ2n) is 6.63. The van der Waals surface area contributed by atoms with Gasteiger partial charge in [-0.25, -0.2) is 8.42 Å². The van der Waals surface area contributed by atoms with Gasteiger partial charge >= 0.3 is 0 Å². The van der Waals surface area contributed by atoms with Crippen molar-refractivity contribution in [3.8, 4) is 0 Å². The number of aromatic nitrogens is 1. The Kier molecular flexibility index (Phi) is 4.29. The Morgan fingerprint density at radius 2 is 1.96 bits per heavy atom. The van der Waals surface area contributed by atoms with Gasteiger partial charge in [0.25, 0.3) is 15.7 Å². The van der Waals surface area contributed by atoms with E-state index in [-0.39, 0.29) is 5.69 Å². The minimum absolute atomic E-state index is 0.241. The molecule has 0 saturated carbocycles. The molecule has 0 bridgehead atoms. The van der Waals surface area contributed by atoms with Crippen molar-refractivity contribution in [1.82, 2.24) is 4.98 Å². The first-order valence-electron chi connectivity index (χ1n) is 7.83. The van der Waals surface area contributed by atoms with Crippen LogP contribution >= 0.6 is 0 Å². The first kappa shape index (κ1) is 18.0. The van der Waals surface area contributed by atoms with Gasteiger partial charge in [0.2, 0.25) is 0 Å². The van der Waals surface area contributed by atoms with Crippen molar-refractivity contribution in [3.63, 3.8) is 0 Å². The average molecular weight is 374 g/mol. The molecule has 0 amide bonds. The lowest BCUT2D eigenvalue weighted by Crippen LogP contribution is -2.43. The highest BCUT2D eigenvalue weighted by molar-refractivity contribution is 7.96. The second kappa shape index (κ2) is 6.19. The first-order chi connectivity index (χ1) is 12.1. The molecule has 0 spiro atoms. The van der Waals surface area contributed by atoms with Crippen LogP contribution in [0.15, 0.2) is 59.3 Å². The van der Waals surface area contributed by atoms with E-state index in [9.17, 15) is 18.5 Å². The number of hydrogen-bond acceptors (Lipinski definition) is 6. The summed E-state index contributed by atoms with van der Waals surface area (Å²) in [7, 11) is -4.22. The van der Waals surface area contributed by atoms with E-state index in [1.54, 1.807) is 56.5 Å². The molecule has 1 unspecified atom stereocenters. The van der Waals surface area contributed by atoms with E-state index in [0.29, 0.717) is 5.52 Å². The van der Waals surface area contributed by atoms with Crippen molar-refractivity contribution in [2.45, 2.75) is 19.9 Å². The number of benzene rings is 1. The molecule has 1 aromatic carbocycles. The van der Waals surface area contributed by atoms with Gasteiger partial charge in [0, 0.05) is 17.0 Å². The molecule has 0 fully saturated rings. The highest BCUT2D eigenvalue weighted by Gasteiger charge is 2.43. The number of nitrogens with zero attached hydrogens (tertiary/aromatic N) is 2. The fourth-order valence-electron chi connectivity index (χ4n) is 2.80. The summed E-state index contributed by atoms with van der Waals surface area (Å²) in [4.78, 5) is 14.5. The van der Waals surface area contributed by atoms with Crippen LogP contribution in [-0.4, -0.2) is 24.4 Å². The Hall–Kier alpha value is -2.78. The van der Waals surface area contributed by atoms with E-state index in [0.717, 1.165) is 5.39 Å². The number of sulfonamides is 1. The molecule has 8 nitrogen and oxygen atoms in total. The number of rotatable bonds is 4. The Bertz CT molecular complexity index is 1050. The highest BCUT2D eigenvalue weighted by atomic mass is 32.2. The maximum Gasteiger partial charge on any atom is 0.284 e. The summed E-state index contributed by atoms with van der Waals surface area (Å²) in [6.45, 7) is 3.42. The van der Waals surface area contributed by atoms with Gasteiger partial charge in [0.05, 0.1) is 16.1 Å². The quantitative estimate of drug-likeness (QED) is 0.624. The molecule has 1 aliphatic carbocycles. The first-order valence-corrected chi connectivity index (χ1v) is 9.32. The standard InChI is InChI=1S/C17H18N4O4S/c1-17(2)9-8-13(15(16(17)18)21(22)23)26(24,25)20-12-7-3-5-11-6-4-10-19-14(11)12/h3-10,16,20H,18H2,1-2H3. The van der Waals surface area contributed by atoms with Crippen molar-refractivity contribution in [1.29, 1.82) is 0 Å². The summed E-state index contributed by atoms with van der Waals surface area (Å²) in [5.41, 5.74) is 5.40. The van der Waals surface area contributed by atoms with E-state index < -0.39 is 37.0 Å². The van der Waals surface area contributed by atoms with Crippen LogP contribution in [0.25, 0.3) is 10.9 Å². The van der Waals surface area contributed by atoms with Gasteiger partial charge < -0.3 is 5.73 Å². The van der Waals surface area contributed by atoms with Gasteiger partial charge in [-0.15, -0.1) is 0 Å². The maximum atomic E-state index is 12.9. The van der Waals surface area contributed by atoms with Gasteiger partial charge in [-0.3, -0.25) is 19.8 Å². The number of nitrogens with one attached hydrogen (secondary N) is 1. The normalized spacial score (nSPS) is 19.6. The van der Waals surface area contributed by atoms with Crippen LogP contribution in [0.5, 0.6) is 0 Å². The SMILES string of the molecule is CC1(C)C=CC(S(=O)(=O)Nc2cccc3cccnc23)=C([N+](=O)[O-])C1N. The van der Waals surface area contributed by atoms with E-state index in [2.05, 4.69) is 9.71 Å². The summed E-state index contributed by atoms with van der Waals surface area (Å²) >= 11 is 0. The highest BCUT2D eigenvalue weighted by Crippen LogP contribution is 2.35. The Morgan fingerprint density at radius 1 is 1.27 bits per heavy atom. The zero-order valence-corrected chi connectivity index (χ0v) is 15.0. The third-order valence-electron chi connectivity index (χ3n) is 4.38. The fourth-order valence-corrected chi connectivity index (χ4v) is 4.09. The van der Waals surface area contributed by atoms with Gasteiger partial charge in [0.1, 0.15) is 6.04 Å². The molecule has 1 atom stereocenters. The molecule has 1 aliphatic rings. The number of pyridine rings is 1. The molecule has 0 radical (unpaired) electrons. The summed E-state index contributed by atoms with van der Waals surface area (Å²) in [6, 6.07) is 7.49. The van der Waals surface area contributed by atoms with E-state index in [4.69, 9.17) is 5.73 Å². The number of nitro groups is 1. The van der Waals surface area contributed by atoms with E-state index >= 15 is 0 Å². The minimum atomic E-state index is -4.22. The molecule has 1 aromatic heterocycles. The number of hydrogen-bond donors (Lipinski definition) is 2. The van der Waals surface area contributed by atoms with Crippen LogP contribution in [-0.2, 0) is 10.0 Å². The van der Waals surface area contributed by atoms with Crippen LogP contribution < -0.4 is 10.5 Å². The van der Waals surface area contributed by atoms with Crippen LogP contribution in [0.1, 0.15) is 13.8 Å². The molecular formula is C17H18N4O4S. The largest absolute Gasteiger partial charge is 0.318 e. The molecule has 1 heterocycles. The number of para-hydroxylation sites is 1. The third-order valence-corrected chi connectivity index (χ3v) is 5.79. The van der Waals surface area contributed by atoms with Crippen molar-refractivity contribution in [3.05, 3.63) is 69.4 Å². The molecule has 136 valence electrons. The van der Waals surface area contributed by atoms with E-state index in [1.807, 2.05) is 0 Å². The van der Waals surface area contributed by atoms with Crippen molar-refractivity contribution < 1.29 is 13.3 Å². The smallest absolute Gasteiger partial charge is 0.284 e. The van der Waals surface area contributed by atoms with Crippen LogP contribution in [0, 0.1) is 15.5 Å². The molecule has 0 saturated heterocycles. The lowest BCUT2D eigenvalue weighted by atomic mass is 9.80. The predicted molar refractivity (Wildman–Crippen MR) is 99.2 cm³/mol. The van der Waals surface area contributed by atoms with Crippen LogP contribution in [0.4, 0.5) is 5.69 Å².